The molecule has 1 fully saturated rings. The van der Waals surface area contributed by atoms with Crippen LogP contribution in [0.1, 0.15) is 37.9 Å². The van der Waals surface area contributed by atoms with Gasteiger partial charge in [-0.2, -0.15) is 0 Å². The Kier molecular flexibility index (Phi) is 5.93. The quantitative estimate of drug-likeness (QED) is 0.362. The summed E-state index contributed by atoms with van der Waals surface area (Å²) >= 11 is 0. The smallest absolute Gasteiger partial charge is 0.395 e. The maximum Gasteiger partial charge on any atom is 0.586 e. The van der Waals surface area contributed by atoms with Crippen molar-refractivity contribution in [2.45, 2.75) is 56.5 Å². The minimum Gasteiger partial charge on any atom is -0.395 e. The highest BCUT2D eigenvalue weighted by Crippen LogP contribution is 2.52. The third-order valence-corrected chi connectivity index (χ3v) is 7.04. The molecule has 2 heterocycles. The molecular formula is C26H27F3N2O6. The van der Waals surface area contributed by atoms with E-state index in [1.165, 1.54) is 22.8 Å². The van der Waals surface area contributed by atoms with Crippen LogP contribution < -0.4 is 14.8 Å². The van der Waals surface area contributed by atoms with Gasteiger partial charge >= 0.3 is 6.29 Å². The van der Waals surface area contributed by atoms with Crippen LogP contribution in [-0.2, 0) is 22.2 Å². The van der Waals surface area contributed by atoms with Gasteiger partial charge in [-0.3, -0.25) is 4.79 Å². The summed E-state index contributed by atoms with van der Waals surface area (Å²) in [4.78, 5) is 13.3. The third kappa shape index (κ3) is 4.30. The van der Waals surface area contributed by atoms with Gasteiger partial charge in [0.1, 0.15) is 0 Å². The van der Waals surface area contributed by atoms with Gasteiger partial charge in [0.05, 0.1) is 42.5 Å². The molecule has 1 aliphatic carbocycles. The fourth-order valence-corrected chi connectivity index (χ4v) is 4.86. The molecule has 1 atom stereocenters. The summed E-state index contributed by atoms with van der Waals surface area (Å²) in [6, 6.07) is 8.92. The Morgan fingerprint density at radius 2 is 1.84 bits per heavy atom. The molecule has 37 heavy (non-hydrogen) atoms. The van der Waals surface area contributed by atoms with Gasteiger partial charge in [-0.15, -0.1) is 8.78 Å². The SMILES string of the molecule is CC(C)(CO)c1c(F)c2cc(NC(=O)C3(c4ccc5c(c4)OC(F)(F)O5)CC3)ccc2n1C[C@@H](O)CO. The van der Waals surface area contributed by atoms with Gasteiger partial charge in [-0.1, -0.05) is 19.9 Å². The predicted molar refractivity (Wildman–Crippen MR) is 127 cm³/mol. The largest absolute Gasteiger partial charge is 0.586 e. The molecule has 1 aliphatic heterocycles. The van der Waals surface area contributed by atoms with Crippen LogP contribution in [-0.4, -0.2) is 51.4 Å². The molecule has 0 unspecified atom stereocenters. The second-order valence-corrected chi connectivity index (χ2v) is 10.2. The summed E-state index contributed by atoms with van der Waals surface area (Å²) in [7, 11) is 0. The highest BCUT2D eigenvalue weighted by atomic mass is 19.3. The molecule has 4 N–H and O–H groups in total. The van der Waals surface area contributed by atoms with Crippen LogP contribution >= 0.6 is 0 Å². The number of fused-ring (bicyclic) bond motifs is 2. The van der Waals surface area contributed by atoms with Crippen molar-refractivity contribution < 1.29 is 42.8 Å². The zero-order valence-electron chi connectivity index (χ0n) is 20.2. The van der Waals surface area contributed by atoms with Gasteiger partial charge in [-0.25, -0.2) is 4.39 Å². The molecule has 2 aromatic carbocycles. The Morgan fingerprint density at radius 3 is 2.49 bits per heavy atom. The van der Waals surface area contributed by atoms with Gasteiger partial charge in [0.25, 0.3) is 0 Å². The fraction of sp³-hybridized carbons (Fsp3) is 0.423. The third-order valence-electron chi connectivity index (χ3n) is 7.04. The molecule has 1 aromatic heterocycles. The van der Waals surface area contributed by atoms with Crippen LogP contribution in [0.5, 0.6) is 11.5 Å². The minimum absolute atomic E-state index is 0.0896. The molecule has 5 rings (SSSR count). The summed E-state index contributed by atoms with van der Waals surface area (Å²) in [6.07, 6.45) is -3.91. The minimum atomic E-state index is -3.76. The Labute approximate surface area is 210 Å². The number of carbonyl (C=O) groups is 1. The van der Waals surface area contributed by atoms with Crippen LogP contribution in [0.4, 0.5) is 18.9 Å². The molecule has 0 bridgehead atoms. The van der Waals surface area contributed by atoms with Crippen molar-refractivity contribution in [3.8, 4) is 11.5 Å². The number of anilines is 1. The van der Waals surface area contributed by atoms with Crippen molar-refractivity contribution in [2.75, 3.05) is 18.5 Å². The molecule has 198 valence electrons. The average molecular weight is 521 g/mol. The Hall–Kier alpha value is -3.28. The number of halogens is 3. The van der Waals surface area contributed by atoms with Gasteiger partial charge in [0.15, 0.2) is 17.3 Å². The van der Waals surface area contributed by atoms with E-state index in [1.807, 2.05) is 0 Å². The first-order chi connectivity index (χ1) is 17.4. The van der Waals surface area contributed by atoms with E-state index in [0.717, 1.165) is 0 Å². The van der Waals surface area contributed by atoms with E-state index in [9.17, 15) is 28.9 Å². The summed E-state index contributed by atoms with van der Waals surface area (Å²) in [5, 5.41) is 32.2. The van der Waals surface area contributed by atoms with E-state index >= 15 is 4.39 Å². The average Bonchev–Trinajstić information content (AvgIpc) is 3.53. The molecule has 3 aromatic rings. The van der Waals surface area contributed by atoms with Gasteiger partial charge < -0.3 is 34.7 Å². The number of amides is 1. The number of nitrogens with zero attached hydrogens (tertiary/aromatic N) is 1. The maximum atomic E-state index is 15.7. The molecule has 0 spiro atoms. The first kappa shape index (κ1) is 25.4. The number of nitrogens with one attached hydrogen (secondary N) is 1. The highest BCUT2D eigenvalue weighted by molar-refractivity contribution is 6.02. The van der Waals surface area contributed by atoms with Gasteiger partial charge in [-0.05, 0) is 48.7 Å². The van der Waals surface area contributed by atoms with Crippen LogP contribution in [0.3, 0.4) is 0 Å². The number of hydrogen-bond donors (Lipinski definition) is 4. The summed E-state index contributed by atoms with van der Waals surface area (Å²) in [5.41, 5.74) is -0.508. The van der Waals surface area contributed by atoms with Crippen LogP contribution in [0.2, 0.25) is 0 Å². The number of ether oxygens (including phenoxy) is 2. The number of aromatic nitrogens is 1. The predicted octanol–water partition coefficient (Wildman–Crippen LogP) is 3.40. The molecule has 1 saturated carbocycles. The molecule has 11 heteroatoms. The summed E-state index contributed by atoms with van der Waals surface area (Å²) < 4.78 is 53.0. The second-order valence-electron chi connectivity index (χ2n) is 10.2. The van der Waals surface area contributed by atoms with Crippen molar-refractivity contribution in [3.05, 3.63) is 53.5 Å². The van der Waals surface area contributed by atoms with E-state index in [2.05, 4.69) is 14.8 Å². The van der Waals surface area contributed by atoms with Crippen molar-refractivity contribution in [2.24, 2.45) is 0 Å². The van der Waals surface area contributed by atoms with Crippen LogP contribution in [0.15, 0.2) is 36.4 Å². The zero-order valence-corrected chi connectivity index (χ0v) is 20.2. The lowest BCUT2D eigenvalue weighted by Gasteiger charge is -2.25. The molecular weight excluding hydrogens is 493 g/mol. The Balaban J connectivity index is 1.46. The number of rotatable bonds is 8. The van der Waals surface area contributed by atoms with Crippen molar-refractivity contribution >= 4 is 22.5 Å². The van der Waals surface area contributed by atoms with E-state index in [0.29, 0.717) is 29.6 Å². The first-order valence-electron chi connectivity index (χ1n) is 11.8. The monoisotopic (exact) mass is 520 g/mol. The maximum absolute atomic E-state index is 15.7. The number of carbonyl (C=O) groups excluding carboxylic acids is 1. The van der Waals surface area contributed by atoms with E-state index < -0.39 is 35.7 Å². The number of alkyl halides is 2. The summed E-state index contributed by atoms with van der Waals surface area (Å²) in [6.45, 7) is 2.35. The van der Waals surface area contributed by atoms with Crippen LogP contribution in [0, 0.1) is 5.82 Å². The molecule has 2 aliphatic rings. The number of benzene rings is 2. The van der Waals surface area contributed by atoms with Gasteiger partial charge in [0.2, 0.25) is 5.91 Å². The standard InChI is InChI=1S/C26H27F3N2O6/c1-24(2,13-33)22-21(27)17-10-15(4-5-18(17)31(22)11-16(34)12-32)30-23(35)25(7-8-25)14-3-6-19-20(9-14)37-26(28,29)36-19/h3-6,9-10,16,32-34H,7-8,11-13H2,1-2H3,(H,30,35)/t16-/m1/s1. The summed E-state index contributed by atoms with van der Waals surface area (Å²) in [5.74, 6) is -1.23. The molecule has 8 nitrogen and oxygen atoms in total. The second kappa shape index (κ2) is 8.64. The topological polar surface area (TPSA) is 113 Å². The van der Waals surface area contributed by atoms with E-state index in [4.69, 9.17) is 0 Å². The fourth-order valence-electron chi connectivity index (χ4n) is 4.86. The lowest BCUT2D eigenvalue weighted by molar-refractivity contribution is -0.286. The van der Waals surface area contributed by atoms with Gasteiger partial charge in [0, 0.05) is 16.5 Å². The van der Waals surface area contributed by atoms with Crippen molar-refractivity contribution in [3.63, 3.8) is 0 Å². The molecule has 1 amide bonds. The van der Waals surface area contributed by atoms with E-state index in [1.54, 1.807) is 32.0 Å². The zero-order chi connectivity index (χ0) is 26.8. The Bertz CT molecular complexity index is 1380. The highest BCUT2D eigenvalue weighted by Gasteiger charge is 2.52. The van der Waals surface area contributed by atoms with Crippen LogP contribution in [0.25, 0.3) is 10.9 Å². The lowest BCUT2D eigenvalue weighted by atomic mass is 9.89. The number of aliphatic hydroxyl groups is 3. The normalized spacial score (nSPS) is 18.2. The lowest BCUT2D eigenvalue weighted by Crippen LogP contribution is -2.30. The van der Waals surface area contributed by atoms with Crippen molar-refractivity contribution in [1.29, 1.82) is 0 Å². The molecule has 0 saturated heterocycles. The number of aliphatic hydroxyl groups excluding tert-OH is 3. The van der Waals surface area contributed by atoms with Crippen molar-refractivity contribution in [1.82, 2.24) is 4.57 Å². The first-order valence-corrected chi connectivity index (χ1v) is 11.8. The Morgan fingerprint density at radius 1 is 1.14 bits per heavy atom. The number of hydrogen-bond acceptors (Lipinski definition) is 6. The molecule has 0 radical (unpaired) electrons. The van der Waals surface area contributed by atoms with E-state index in [-0.39, 0.29) is 41.6 Å².